The molecule has 12 rings (SSSR count). The van der Waals surface area contributed by atoms with Crippen molar-refractivity contribution in [2.45, 2.75) is 0 Å². The van der Waals surface area contributed by atoms with E-state index < -0.39 is 0 Å². The predicted octanol–water partition coefficient (Wildman–Crippen LogP) is 13.4. The fourth-order valence-electron chi connectivity index (χ4n) is 8.45. The molecule has 6 heteroatoms. The molecule has 8 aromatic carbocycles. The Balaban J connectivity index is 1.06. The summed E-state index contributed by atoms with van der Waals surface area (Å²) in [7, 11) is 0. The van der Waals surface area contributed by atoms with Gasteiger partial charge in [-0.2, -0.15) is 0 Å². The maximum atomic E-state index is 6.70. The van der Waals surface area contributed by atoms with Gasteiger partial charge in [-0.25, -0.2) is 15.0 Å². The van der Waals surface area contributed by atoms with E-state index >= 15 is 0 Å². The molecule has 4 heterocycles. The first-order chi connectivity index (χ1) is 28.2. The highest BCUT2D eigenvalue weighted by Crippen LogP contribution is 2.42. The quantitative estimate of drug-likeness (QED) is 0.176. The van der Waals surface area contributed by atoms with Crippen molar-refractivity contribution in [2.75, 3.05) is 0 Å². The SMILES string of the molecule is c1ccc(-c2cccc(-c3nc(-c4ccccc4)nc(-c4cccc5oc6cc(-n7c8ccccc8c8ccc9c%10ccccc%10oc9c87)ccc6c45)n3)c2)cc1. The van der Waals surface area contributed by atoms with Gasteiger partial charge in [0.2, 0.25) is 0 Å². The Morgan fingerprint density at radius 2 is 1.00 bits per heavy atom. The van der Waals surface area contributed by atoms with E-state index in [1.165, 1.54) is 0 Å². The molecule has 0 aliphatic heterocycles. The third-order valence-corrected chi connectivity index (χ3v) is 11.1. The summed E-state index contributed by atoms with van der Waals surface area (Å²) in [5.74, 6) is 1.79. The normalized spacial score (nSPS) is 11.9. The van der Waals surface area contributed by atoms with Crippen molar-refractivity contribution in [1.29, 1.82) is 0 Å². The molecule has 0 unspecified atom stereocenters. The zero-order chi connectivity index (χ0) is 37.5. The molecule has 266 valence electrons. The number of para-hydroxylation sites is 2. The summed E-state index contributed by atoms with van der Waals surface area (Å²) in [6, 6.07) is 62.5. The maximum Gasteiger partial charge on any atom is 0.164 e. The zero-order valence-electron chi connectivity index (χ0n) is 30.4. The van der Waals surface area contributed by atoms with Gasteiger partial charge in [0.25, 0.3) is 0 Å². The molecule has 0 atom stereocenters. The molecule has 0 bridgehead atoms. The lowest BCUT2D eigenvalue weighted by molar-refractivity contribution is 0.668. The van der Waals surface area contributed by atoms with E-state index in [4.69, 9.17) is 23.8 Å². The lowest BCUT2D eigenvalue weighted by Gasteiger charge is -2.10. The molecule has 0 fully saturated rings. The largest absolute Gasteiger partial charge is 0.456 e. The molecule has 0 N–H and O–H groups in total. The van der Waals surface area contributed by atoms with E-state index in [-0.39, 0.29) is 0 Å². The molecule has 6 nitrogen and oxygen atoms in total. The summed E-state index contributed by atoms with van der Waals surface area (Å²) < 4.78 is 15.6. The zero-order valence-corrected chi connectivity index (χ0v) is 30.4. The highest BCUT2D eigenvalue weighted by molar-refractivity contribution is 6.21. The van der Waals surface area contributed by atoms with Gasteiger partial charge in [-0.15, -0.1) is 0 Å². The maximum absolute atomic E-state index is 6.70. The summed E-state index contributed by atoms with van der Waals surface area (Å²) in [6.07, 6.45) is 0. The van der Waals surface area contributed by atoms with E-state index in [0.29, 0.717) is 17.5 Å². The van der Waals surface area contributed by atoms with Gasteiger partial charge < -0.3 is 13.4 Å². The second kappa shape index (κ2) is 12.3. The van der Waals surface area contributed by atoms with Crippen LogP contribution in [0.3, 0.4) is 0 Å². The van der Waals surface area contributed by atoms with Gasteiger partial charge in [-0.3, -0.25) is 0 Å². The van der Waals surface area contributed by atoms with Crippen LogP contribution in [0.25, 0.3) is 117 Å². The molecule has 57 heavy (non-hydrogen) atoms. The van der Waals surface area contributed by atoms with E-state index in [1.807, 2.05) is 60.7 Å². The lowest BCUT2D eigenvalue weighted by atomic mass is 10.0. The van der Waals surface area contributed by atoms with E-state index in [2.05, 4.69) is 126 Å². The van der Waals surface area contributed by atoms with Gasteiger partial charge in [-0.1, -0.05) is 133 Å². The number of benzene rings is 8. The molecule has 4 aromatic heterocycles. The molecule has 0 aliphatic carbocycles. The van der Waals surface area contributed by atoms with Crippen LogP contribution in [0, 0.1) is 0 Å². The summed E-state index contributed by atoms with van der Waals surface area (Å²) in [5.41, 5.74) is 11.3. The molecule has 0 saturated heterocycles. The third-order valence-electron chi connectivity index (χ3n) is 11.1. The average Bonchev–Trinajstić information content (AvgIpc) is 3.96. The van der Waals surface area contributed by atoms with Crippen LogP contribution < -0.4 is 0 Å². The Bertz CT molecular complexity index is 3530. The molecule has 0 amide bonds. The first kappa shape index (κ1) is 31.5. The smallest absolute Gasteiger partial charge is 0.164 e. The van der Waals surface area contributed by atoms with Crippen LogP contribution in [0.2, 0.25) is 0 Å². The predicted molar refractivity (Wildman–Crippen MR) is 230 cm³/mol. The molecular formula is C51H30N4O2. The Morgan fingerprint density at radius 3 is 1.86 bits per heavy atom. The summed E-state index contributed by atoms with van der Waals surface area (Å²) in [4.78, 5) is 15.3. The Hall–Kier alpha value is -7.83. The minimum Gasteiger partial charge on any atom is -0.456 e. The second-order valence-electron chi connectivity index (χ2n) is 14.4. The van der Waals surface area contributed by atoms with Crippen molar-refractivity contribution in [3.8, 4) is 51.0 Å². The van der Waals surface area contributed by atoms with E-state index in [0.717, 1.165) is 99.2 Å². The Labute approximate surface area is 325 Å². The molecular weight excluding hydrogens is 701 g/mol. The fraction of sp³-hybridized carbons (Fsp3) is 0. The number of rotatable bonds is 5. The first-order valence-electron chi connectivity index (χ1n) is 19.0. The van der Waals surface area contributed by atoms with Crippen molar-refractivity contribution in [2.24, 2.45) is 0 Å². The number of hydrogen-bond donors (Lipinski definition) is 0. The van der Waals surface area contributed by atoms with Crippen molar-refractivity contribution in [3.05, 3.63) is 182 Å². The average molecular weight is 731 g/mol. The Kier molecular flexibility index (Phi) is 6.83. The number of nitrogens with zero attached hydrogens (tertiary/aromatic N) is 4. The van der Waals surface area contributed by atoms with Crippen molar-refractivity contribution in [1.82, 2.24) is 19.5 Å². The fourth-order valence-corrected chi connectivity index (χ4v) is 8.45. The minimum absolute atomic E-state index is 0.580. The molecule has 0 aliphatic rings. The summed E-state index contributed by atoms with van der Waals surface area (Å²) >= 11 is 0. The van der Waals surface area contributed by atoms with Crippen LogP contribution in [-0.2, 0) is 0 Å². The summed E-state index contributed by atoms with van der Waals surface area (Å²) in [5, 5.41) is 6.43. The van der Waals surface area contributed by atoms with Crippen molar-refractivity contribution in [3.63, 3.8) is 0 Å². The van der Waals surface area contributed by atoms with E-state index in [9.17, 15) is 0 Å². The second-order valence-corrected chi connectivity index (χ2v) is 14.4. The minimum atomic E-state index is 0.580. The van der Waals surface area contributed by atoms with Crippen LogP contribution in [-0.4, -0.2) is 19.5 Å². The number of hydrogen-bond acceptors (Lipinski definition) is 5. The van der Waals surface area contributed by atoms with Crippen LogP contribution in [0.5, 0.6) is 0 Å². The van der Waals surface area contributed by atoms with Crippen LogP contribution in [0.1, 0.15) is 0 Å². The van der Waals surface area contributed by atoms with Crippen LogP contribution >= 0.6 is 0 Å². The van der Waals surface area contributed by atoms with Gasteiger partial charge in [0.05, 0.1) is 16.7 Å². The molecule has 0 radical (unpaired) electrons. The molecule has 0 saturated carbocycles. The van der Waals surface area contributed by atoms with Gasteiger partial charge in [0.15, 0.2) is 23.1 Å². The van der Waals surface area contributed by atoms with Gasteiger partial charge in [0.1, 0.15) is 16.7 Å². The topological polar surface area (TPSA) is 69.9 Å². The van der Waals surface area contributed by atoms with Crippen LogP contribution in [0.15, 0.2) is 191 Å². The van der Waals surface area contributed by atoms with Crippen molar-refractivity contribution >= 4 is 65.7 Å². The van der Waals surface area contributed by atoms with Gasteiger partial charge in [-0.05, 0) is 53.6 Å². The highest BCUT2D eigenvalue weighted by atomic mass is 16.3. The first-order valence-corrected chi connectivity index (χ1v) is 19.0. The highest BCUT2D eigenvalue weighted by Gasteiger charge is 2.22. The molecule has 0 spiro atoms. The lowest BCUT2D eigenvalue weighted by Crippen LogP contribution is -2.00. The van der Waals surface area contributed by atoms with E-state index in [1.54, 1.807) is 0 Å². The number of furan rings is 2. The van der Waals surface area contributed by atoms with Crippen LogP contribution in [0.4, 0.5) is 0 Å². The third kappa shape index (κ3) is 4.94. The monoisotopic (exact) mass is 730 g/mol. The number of fused-ring (bicyclic) bond motifs is 10. The van der Waals surface area contributed by atoms with Gasteiger partial charge in [0, 0.05) is 55.1 Å². The standard InChI is InChI=1S/C51H30N4O2/c1-3-13-31(14-4-1)33-17-11-18-34(29-33)50-52-49(32-15-5-2-6-16-32)53-51(54-50)41-21-12-24-44-46(41)40-26-25-35(30-45(40)56-44)55-42-22-9-7-19-36(42)38-27-28-39-37-20-8-10-23-43(37)57-48(39)47(38)55/h1-30H. The van der Waals surface area contributed by atoms with Gasteiger partial charge >= 0.3 is 0 Å². The molecule has 12 aromatic rings. The summed E-state index contributed by atoms with van der Waals surface area (Å²) in [6.45, 7) is 0. The number of aromatic nitrogens is 4. The Morgan fingerprint density at radius 1 is 0.368 bits per heavy atom. The van der Waals surface area contributed by atoms with Crippen molar-refractivity contribution < 1.29 is 8.83 Å².